The smallest absolute Gasteiger partial charge is 0.211 e. The van der Waals surface area contributed by atoms with Crippen LogP contribution in [0.3, 0.4) is 0 Å². The molecule has 2 fully saturated rings. The van der Waals surface area contributed by atoms with Gasteiger partial charge in [-0.15, -0.1) is 0 Å². The molecule has 6 heteroatoms. The number of hydrogen-bond acceptors (Lipinski definition) is 4. The third kappa shape index (κ3) is 4.84. The molecule has 0 bridgehead atoms. The van der Waals surface area contributed by atoms with Crippen molar-refractivity contribution in [2.75, 3.05) is 45.0 Å². The van der Waals surface area contributed by atoms with Crippen molar-refractivity contribution in [2.45, 2.75) is 25.7 Å². The van der Waals surface area contributed by atoms with Crippen molar-refractivity contribution in [2.24, 2.45) is 5.92 Å². The predicted molar refractivity (Wildman–Crippen MR) is 73.1 cm³/mol. The van der Waals surface area contributed by atoms with Gasteiger partial charge in [-0.05, 0) is 18.8 Å². The maximum absolute atomic E-state index is 11.9. The van der Waals surface area contributed by atoms with E-state index >= 15 is 0 Å². The van der Waals surface area contributed by atoms with Crippen LogP contribution in [0.4, 0.5) is 0 Å². The van der Waals surface area contributed by atoms with E-state index in [1.165, 1.54) is 12.8 Å². The summed E-state index contributed by atoms with van der Waals surface area (Å²) in [6.07, 6.45) is 4.55. The average Bonchev–Trinajstić information content (AvgIpc) is 2.82. The van der Waals surface area contributed by atoms with Gasteiger partial charge in [-0.3, -0.25) is 4.90 Å². The fourth-order valence-electron chi connectivity index (χ4n) is 2.84. The Kier molecular flexibility index (Phi) is 5.41. The first-order valence-corrected chi connectivity index (χ1v) is 8.71. The van der Waals surface area contributed by atoms with Gasteiger partial charge in [-0.1, -0.05) is 12.8 Å². The lowest BCUT2D eigenvalue weighted by molar-refractivity contribution is 0.245. The second-order valence-corrected chi connectivity index (χ2v) is 7.27. The standard InChI is InChI=1S/C12H25N3O2S/c16-18(17,11-12-3-1-2-4-12)14-7-10-15-8-5-13-6-9-15/h12-14H,1-11H2. The van der Waals surface area contributed by atoms with Crippen LogP contribution in [0.25, 0.3) is 0 Å². The van der Waals surface area contributed by atoms with E-state index in [2.05, 4.69) is 14.9 Å². The van der Waals surface area contributed by atoms with Crippen LogP contribution in [0, 0.1) is 5.92 Å². The summed E-state index contributed by atoms with van der Waals surface area (Å²) in [5.74, 6) is 0.718. The number of nitrogens with zero attached hydrogens (tertiary/aromatic N) is 1. The van der Waals surface area contributed by atoms with Crippen molar-refractivity contribution in [3.63, 3.8) is 0 Å². The summed E-state index contributed by atoms with van der Waals surface area (Å²) in [5, 5.41) is 3.29. The molecule has 18 heavy (non-hydrogen) atoms. The van der Waals surface area contributed by atoms with Gasteiger partial charge in [0.15, 0.2) is 0 Å². The van der Waals surface area contributed by atoms with Gasteiger partial charge in [0.2, 0.25) is 10.0 Å². The SMILES string of the molecule is O=S(=O)(CC1CCCC1)NCCN1CCNCC1. The van der Waals surface area contributed by atoms with E-state index in [0.717, 1.165) is 45.6 Å². The summed E-state index contributed by atoms with van der Waals surface area (Å²) in [5.41, 5.74) is 0. The van der Waals surface area contributed by atoms with E-state index in [4.69, 9.17) is 0 Å². The van der Waals surface area contributed by atoms with Crippen LogP contribution >= 0.6 is 0 Å². The van der Waals surface area contributed by atoms with E-state index < -0.39 is 10.0 Å². The molecule has 0 aromatic heterocycles. The van der Waals surface area contributed by atoms with Gasteiger partial charge < -0.3 is 5.32 Å². The zero-order valence-corrected chi connectivity index (χ0v) is 11.8. The zero-order chi connectivity index (χ0) is 12.8. The molecule has 2 rings (SSSR count). The Labute approximate surface area is 110 Å². The first-order chi connectivity index (χ1) is 8.66. The van der Waals surface area contributed by atoms with E-state index in [-0.39, 0.29) is 0 Å². The fraction of sp³-hybridized carbons (Fsp3) is 1.00. The van der Waals surface area contributed by atoms with Gasteiger partial charge in [0.1, 0.15) is 0 Å². The van der Waals surface area contributed by atoms with Crippen molar-refractivity contribution in [3.05, 3.63) is 0 Å². The van der Waals surface area contributed by atoms with Gasteiger partial charge in [0.25, 0.3) is 0 Å². The van der Waals surface area contributed by atoms with Crippen LogP contribution in [0.15, 0.2) is 0 Å². The van der Waals surface area contributed by atoms with Crippen LogP contribution in [0.2, 0.25) is 0 Å². The van der Waals surface area contributed by atoms with Crippen LogP contribution in [-0.2, 0) is 10.0 Å². The number of rotatable bonds is 6. The summed E-state index contributed by atoms with van der Waals surface area (Å²) in [6, 6.07) is 0. The van der Waals surface area contributed by atoms with E-state index in [0.29, 0.717) is 18.2 Å². The number of sulfonamides is 1. The average molecular weight is 275 g/mol. The molecule has 0 unspecified atom stereocenters. The quantitative estimate of drug-likeness (QED) is 0.716. The molecule has 2 aliphatic rings. The van der Waals surface area contributed by atoms with Crippen LogP contribution in [-0.4, -0.2) is 58.3 Å². The molecule has 1 aliphatic carbocycles. The first kappa shape index (κ1) is 14.2. The number of hydrogen-bond donors (Lipinski definition) is 2. The number of nitrogens with one attached hydrogen (secondary N) is 2. The molecule has 0 spiro atoms. The normalized spacial score (nSPS) is 23.6. The maximum atomic E-state index is 11.9. The lowest BCUT2D eigenvalue weighted by atomic mass is 10.1. The van der Waals surface area contributed by atoms with Gasteiger partial charge >= 0.3 is 0 Å². The highest BCUT2D eigenvalue weighted by Gasteiger charge is 2.22. The van der Waals surface area contributed by atoms with Crippen molar-refractivity contribution < 1.29 is 8.42 Å². The summed E-state index contributed by atoms with van der Waals surface area (Å²) < 4.78 is 26.5. The number of piperazine rings is 1. The molecule has 106 valence electrons. The lowest BCUT2D eigenvalue weighted by Gasteiger charge is -2.27. The molecule has 1 saturated carbocycles. The van der Waals surface area contributed by atoms with Crippen molar-refractivity contribution in [1.82, 2.24) is 14.9 Å². The molecule has 0 radical (unpaired) electrons. The highest BCUT2D eigenvalue weighted by Crippen LogP contribution is 2.25. The van der Waals surface area contributed by atoms with E-state index in [1.807, 2.05) is 0 Å². The fourth-order valence-corrected chi connectivity index (χ4v) is 4.31. The Hall–Kier alpha value is -0.170. The monoisotopic (exact) mass is 275 g/mol. The van der Waals surface area contributed by atoms with Crippen LogP contribution in [0.1, 0.15) is 25.7 Å². The largest absolute Gasteiger partial charge is 0.314 e. The Bertz CT molecular complexity index is 333. The molecule has 0 aromatic rings. The van der Waals surface area contributed by atoms with Gasteiger partial charge in [-0.25, -0.2) is 13.1 Å². The van der Waals surface area contributed by atoms with Gasteiger partial charge in [0.05, 0.1) is 5.75 Å². The molecule has 0 atom stereocenters. The molecule has 0 amide bonds. The predicted octanol–water partition coefficient (Wildman–Crippen LogP) is 0.00120. The minimum atomic E-state index is -3.06. The van der Waals surface area contributed by atoms with E-state index in [1.54, 1.807) is 0 Å². The summed E-state index contributed by atoms with van der Waals surface area (Å²) in [6.45, 7) is 5.43. The molecule has 1 heterocycles. The molecular formula is C12H25N3O2S. The minimum Gasteiger partial charge on any atom is -0.314 e. The second-order valence-electron chi connectivity index (χ2n) is 5.42. The van der Waals surface area contributed by atoms with Gasteiger partial charge in [-0.2, -0.15) is 0 Å². The van der Waals surface area contributed by atoms with Crippen molar-refractivity contribution in [1.29, 1.82) is 0 Å². The Morgan fingerprint density at radius 2 is 1.83 bits per heavy atom. The first-order valence-electron chi connectivity index (χ1n) is 7.06. The van der Waals surface area contributed by atoms with Crippen LogP contribution in [0.5, 0.6) is 0 Å². The molecule has 2 N–H and O–H groups in total. The topological polar surface area (TPSA) is 61.4 Å². The van der Waals surface area contributed by atoms with E-state index in [9.17, 15) is 8.42 Å². The summed E-state index contributed by atoms with van der Waals surface area (Å²) >= 11 is 0. The molecule has 1 saturated heterocycles. The summed E-state index contributed by atoms with van der Waals surface area (Å²) in [4.78, 5) is 2.30. The van der Waals surface area contributed by atoms with Crippen molar-refractivity contribution in [3.8, 4) is 0 Å². The Morgan fingerprint density at radius 1 is 1.17 bits per heavy atom. The van der Waals surface area contributed by atoms with Gasteiger partial charge in [0, 0.05) is 39.3 Å². The highest BCUT2D eigenvalue weighted by atomic mass is 32.2. The summed E-state index contributed by atoms with van der Waals surface area (Å²) in [7, 11) is -3.06. The molecule has 5 nitrogen and oxygen atoms in total. The Balaban J connectivity index is 1.64. The molecule has 0 aromatic carbocycles. The van der Waals surface area contributed by atoms with Crippen molar-refractivity contribution >= 4 is 10.0 Å². The Morgan fingerprint density at radius 3 is 2.50 bits per heavy atom. The highest BCUT2D eigenvalue weighted by molar-refractivity contribution is 7.89. The molecule has 1 aliphatic heterocycles. The minimum absolute atomic E-state index is 0.328. The molecular weight excluding hydrogens is 250 g/mol. The van der Waals surface area contributed by atoms with Crippen LogP contribution < -0.4 is 10.0 Å². The zero-order valence-electron chi connectivity index (χ0n) is 11.0. The third-order valence-corrected chi connectivity index (χ3v) is 5.44. The lowest BCUT2D eigenvalue weighted by Crippen LogP contribution is -2.46. The second kappa shape index (κ2) is 6.84. The third-order valence-electron chi connectivity index (χ3n) is 3.89. The maximum Gasteiger partial charge on any atom is 0.211 e.